The maximum Gasteiger partial charge on any atom is 0.265 e. The van der Waals surface area contributed by atoms with Gasteiger partial charge >= 0.3 is 0 Å². The van der Waals surface area contributed by atoms with Gasteiger partial charge in [0.2, 0.25) is 5.13 Å². The second kappa shape index (κ2) is 5.21. The molecule has 1 N–H and O–H groups in total. The van der Waals surface area contributed by atoms with E-state index >= 15 is 0 Å². The van der Waals surface area contributed by atoms with Crippen LogP contribution in [0.25, 0.3) is 0 Å². The fourth-order valence-corrected chi connectivity index (χ4v) is 3.70. The normalized spacial score (nSPS) is 11.4. The lowest BCUT2D eigenvalue weighted by atomic mass is 10.4. The molecule has 1 heterocycles. The fraction of sp³-hybridized carbons (Fsp3) is 0.200. The van der Waals surface area contributed by atoms with Crippen LogP contribution in [0, 0.1) is 0 Å². The molecule has 2 aromatic rings. The van der Waals surface area contributed by atoms with Crippen LogP contribution in [0.2, 0.25) is 5.02 Å². The number of nitrogens with one attached hydrogen (secondary N) is 1. The lowest BCUT2D eigenvalue weighted by Gasteiger charge is -2.05. The van der Waals surface area contributed by atoms with Gasteiger partial charge in [-0.1, -0.05) is 42.0 Å². The minimum absolute atomic E-state index is 0.0277. The lowest BCUT2D eigenvalue weighted by molar-refractivity contribution is 0.601. The van der Waals surface area contributed by atoms with E-state index in [-0.39, 0.29) is 15.0 Å². The van der Waals surface area contributed by atoms with Gasteiger partial charge in [-0.15, -0.1) is 10.2 Å². The van der Waals surface area contributed by atoms with Crippen molar-refractivity contribution in [1.82, 2.24) is 10.2 Å². The number of halogens is 1. The molecule has 0 aliphatic carbocycles. The molecule has 0 aliphatic heterocycles. The van der Waals surface area contributed by atoms with E-state index in [4.69, 9.17) is 11.6 Å². The molecule has 2 rings (SSSR count). The molecule has 5 nitrogen and oxygen atoms in total. The number of rotatable bonds is 4. The Morgan fingerprint density at radius 2 is 2.06 bits per heavy atom. The van der Waals surface area contributed by atoms with Crippen LogP contribution < -0.4 is 4.72 Å². The second-order valence-electron chi connectivity index (χ2n) is 3.39. The molecule has 0 fully saturated rings. The van der Waals surface area contributed by atoms with Crippen LogP contribution in [0.1, 0.15) is 11.9 Å². The SMILES string of the molecule is CCc1nnc(NS(=O)(=O)c2ccccc2Cl)s1. The first-order chi connectivity index (χ1) is 8.53. The molecule has 0 saturated heterocycles. The van der Waals surface area contributed by atoms with Gasteiger partial charge in [0.1, 0.15) is 9.90 Å². The van der Waals surface area contributed by atoms with E-state index in [1.165, 1.54) is 23.5 Å². The van der Waals surface area contributed by atoms with Gasteiger partial charge in [0.25, 0.3) is 10.0 Å². The van der Waals surface area contributed by atoms with Crippen LogP contribution in [0.5, 0.6) is 0 Å². The summed E-state index contributed by atoms with van der Waals surface area (Å²) in [6.45, 7) is 1.92. The molecule has 1 aromatic carbocycles. The molecule has 0 amide bonds. The first kappa shape index (κ1) is 13.3. The summed E-state index contributed by atoms with van der Waals surface area (Å²) in [6.07, 6.45) is 0.714. The van der Waals surface area contributed by atoms with E-state index < -0.39 is 10.0 Å². The van der Waals surface area contributed by atoms with Crippen LogP contribution in [-0.4, -0.2) is 18.6 Å². The number of aryl methyl sites for hydroxylation is 1. The Morgan fingerprint density at radius 1 is 1.33 bits per heavy atom. The summed E-state index contributed by atoms with van der Waals surface area (Å²) >= 11 is 7.06. The number of benzene rings is 1. The minimum atomic E-state index is -3.71. The number of nitrogens with zero attached hydrogens (tertiary/aromatic N) is 2. The lowest BCUT2D eigenvalue weighted by Crippen LogP contribution is -2.13. The van der Waals surface area contributed by atoms with E-state index in [1.54, 1.807) is 12.1 Å². The molecular weight excluding hydrogens is 294 g/mol. The van der Waals surface area contributed by atoms with Crippen molar-refractivity contribution in [2.45, 2.75) is 18.2 Å². The second-order valence-corrected chi connectivity index (χ2v) is 6.51. The predicted octanol–water partition coefficient (Wildman–Crippen LogP) is 2.55. The van der Waals surface area contributed by atoms with Gasteiger partial charge in [0.05, 0.1) is 5.02 Å². The summed E-state index contributed by atoms with van der Waals surface area (Å²) in [5.74, 6) is 0. The average Bonchev–Trinajstić information content (AvgIpc) is 2.76. The molecule has 0 radical (unpaired) electrons. The summed E-state index contributed by atoms with van der Waals surface area (Å²) in [5, 5.41) is 8.79. The van der Waals surface area contributed by atoms with Crippen molar-refractivity contribution in [3.05, 3.63) is 34.3 Å². The Balaban J connectivity index is 2.30. The number of hydrogen-bond donors (Lipinski definition) is 1. The van der Waals surface area contributed by atoms with Gasteiger partial charge in [-0.3, -0.25) is 4.72 Å². The molecule has 0 atom stereocenters. The Bertz CT molecular complexity index is 655. The number of aromatic nitrogens is 2. The minimum Gasteiger partial charge on any atom is -0.253 e. The van der Waals surface area contributed by atoms with Crippen molar-refractivity contribution in [2.75, 3.05) is 4.72 Å². The topological polar surface area (TPSA) is 72.0 Å². The standard InChI is InChI=1S/C10H10ClN3O2S2/c1-2-9-12-13-10(17-9)14-18(15,16)8-6-4-3-5-7(8)11/h3-6H,2H2,1H3,(H,13,14). The highest BCUT2D eigenvalue weighted by Crippen LogP contribution is 2.24. The maximum atomic E-state index is 12.1. The van der Waals surface area contributed by atoms with E-state index in [0.29, 0.717) is 6.42 Å². The first-order valence-electron chi connectivity index (χ1n) is 5.12. The van der Waals surface area contributed by atoms with E-state index in [0.717, 1.165) is 5.01 Å². The molecule has 0 saturated carbocycles. The Morgan fingerprint density at radius 3 is 2.67 bits per heavy atom. The van der Waals surface area contributed by atoms with Gasteiger partial charge in [0.15, 0.2) is 0 Å². The zero-order valence-electron chi connectivity index (χ0n) is 9.42. The predicted molar refractivity (Wildman–Crippen MR) is 71.5 cm³/mol. The summed E-state index contributed by atoms with van der Waals surface area (Å²) in [4.78, 5) is 0.0277. The van der Waals surface area contributed by atoms with Crippen LogP contribution in [0.3, 0.4) is 0 Å². The third-order valence-electron chi connectivity index (χ3n) is 2.12. The number of sulfonamides is 1. The van der Waals surface area contributed by atoms with Crippen LogP contribution >= 0.6 is 22.9 Å². The van der Waals surface area contributed by atoms with Gasteiger partial charge in [-0.05, 0) is 18.6 Å². The fourth-order valence-electron chi connectivity index (χ4n) is 1.27. The van der Waals surface area contributed by atoms with Crippen molar-refractivity contribution in [3.8, 4) is 0 Å². The van der Waals surface area contributed by atoms with Gasteiger partial charge in [0, 0.05) is 0 Å². The molecule has 0 aliphatic rings. The Hall–Kier alpha value is -1.18. The number of anilines is 1. The highest BCUT2D eigenvalue weighted by atomic mass is 35.5. The van der Waals surface area contributed by atoms with E-state index in [1.807, 2.05) is 6.92 Å². The molecule has 96 valence electrons. The van der Waals surface area contributed by atoms with Crippen LogP contribution in [-0.2, 0) is 16.4 Å². The summed E-state index contributed by atoms with van der Waals surface area (Å²) in [6, 6.07) is 6.24. The van der Waals surface area contributed by atoms with Crippen molar-refractivity contribution < 1.29 is 8.42 Å². The van der Waals surface area contributed by atoms with E-state index in [2.05, 4.69) is 14.9 Å². The first-order valence-corrected chi connectivity index (χ1v) is 7.80. The van der Waals surface area contributed by atoms with Crippen LogP contribution in [0.15, 0.2) is 29.2 Å². The van der Waals surface area contributed by atoms with Crippen molar-refractivity contribution in [1.29, 1.82) is 0 Å². The maximum absolute atomic E-state index is 12.1. The largest absolute Gasteiger partial charge is 0.265 e. The van der Waals surface area contributed by atoms with Gasteiger partial charge < -0.3 is 0 Å². The van der Waals surface area contributed by atoms with Gasteiger partial charge in [-0.25, -0.2) is 8.42 Å². The zero-order chi connectivity index (χ0) is 13.2. The highest BCUT2D eigenvalue weighted by molar-refractivity contribution is 7.93. The quantitative estimate of drug-likeness (QED) is 0.942. The molecular formula is C10H10ClN3O2S2. The smallest absolute Gasteiger partial charge is 0.253 e. The average molecular weight is 304 g/mol. The molecule has 0 unspecified atom stereocenters. The Labute approximate surface area is 114 Å². The molecule has 0 bridgehead atoms. The highest BCUT2D eigenvalue weighted by Gasteiger charge is 2.19. The molecule has 0 spiro atoms. The monoisotopic (exact) mass is 303 g/mol. The van der Waals surface area contributed by atoms with Crippen molar-refractivity contribution in [2.24, 2.45) is 0 Å². The van der Waals surface area contributed by atoms with E-state index in [9.17, 15) is 8.42 Å². The van der Waals surface area contributed by atoms with Crippen molar-refractivity contribution >= 4 is 38.1 Å². The number of hydrogen-bond acceptors (Lipinski definition) is 5. The molecule has 8 heteroatoms. The third kappa shape index (κ3) is 2.80. The molecule has 1 aromatic heterocycles. The third-order valence-corrected chi connectivity index (χ3v) is 5.07. The molecule has 18 heavy (non-hydrogen) atoms. The Kier molecular flexibility index (Phi) is 3.84. The summed E-state index contributed by atoms with van der Waals surface area (Å²) in [5.41, 5.74) is 0. The summed E-state index contributed by atoms with van der Waals surface area (Å²) in [7, 11) is -3.71. The van der Waals surface area contributed by atoms with Crippen molar-refractivity contribution in [3.63, 3.8) is 0 Å². The zero-order valence-corrected chi connectivity index (χ0v) is 11.8. The van der Waals surface area contributed by atoms with Gasteiger partial charge in [-0.2, -0.15) is 0 Å². The summed E-state index contributed by atoms with van der Waals surface area (Å²) < 4.78 is 26.5. The van der Waals surface area contributed by atoms with Crippen LogP contribution in [0.4, 0.5) is 5.13 Å².